The normalized spacial score (nSPS) is 17.5. The van der Waals surface area contributed by atoms with Crippen LogP contribution in [0.5, 0.6) is 5.75 Å². The number of ether oxygens (including phenoxy) is 1. The largest absolute Gasteiger partial charge is 0.481 e. The zero-order valence-corrected chi connectivity index (χ0v) is 19.4. The van der Waals surface area contributed by atoms with Gasteiger partial charge in [-0.25, -0.2) is 0 Å². The maximum atomic E-state index is 12.8. The van der Waals surface area contributed by atoms with Gasteiger partial charge in [-0.15, -0.1) is 0 Å². The molecule has 33 heavy (non-hydrogen) atoms. The number of halogens is 1. The number of amides is 1. The SMILES string of the molecule is CC(Oc1cccc(Cl)c1)C(=O)N1CCN(c2ccc(-c3noc(C4CCC4)n3)cc2)CC1. The van der Waals surface area contributed by atoms with Crippen LogP contribution in [-0.4, -0.2) is 53.2 Å². The molecular weight excluding hydrogens is 440 g/mol. The number of benzene rings is 2. The molecule has 1 saturated heterocycles. The molecule has 5 rings (SSSR count). The molecule has 1 aliphatic heterocycles. The molecule has 2 heterocycles. The summed E-state index contributed by atoms with van der Waals surface area (Å²) < 4.78 is 11.2. The van der Waals surface area contributed by atoms with E-state index in [1.807, 2.05) is 23.1 Å². The van der Waals surface area contributed by atoms with Crippen LogP contribution in [0.25, 0.3) is 11.4 Å². The standard InChI is InChI=1S/C25H27ClN4O3/c1-17(32-22-7-3-6-20(26)16-22)25(31)30-14-12-29(13-15-30)21-10-8-18(9-11-21)23-27-24(33-28-23)19-4-2-5-19/h3,6-11,16-17,19H,2,4-5,12-15H2,1H3. The summed E-state index contributed by atoms with van der Waals surface area (Å²) in [6.07, 6.45) is 2.96. The van der Waals surface area contributed by atoms with Crippen molar-refractivity contribution in [2.45, 2.75) is 38.2 Å². The van der Waals surface area contributed by atoms with Crippen molar-refractivity contribution in [3.8, 4) is 17.1 Å². The topological polar surface area (TPSA) is 71.7 Å². The van der Waals surface area contributed by atoms with Gasteiger partial charge in [0.15, 0.2) is 6.10 Å². The van der Waals surface area contributed by atoms with Crippen LogP contribution in [0.4, 0.5) is 5.69 Å². The van der Waals surface area contributed by atoms with E-state index < -0.39 is 6.10 Å². The Morgan fingerprint density at radius 2 is 1.88 bits per heavy atom. The van der Waals surface area contributed by atoms with Gasteiger partial charge in [-0.3, -0.25) is 4.79 Å². The minimum absolute atomic E-state index is 0.00986. The van der Waals surface area contributed by atoms with Crippen molar-refractivity contribution in [2.24, 2.45) is 0 Å². The highest BCUT2D eigenvalue weighted by molar-refractivity contribution is 6.30. The second kappa shape index (κ2) is 9.43. The van der Waals surface area contributed by atoms with E-state index >= 15 is 0 Å². The molecule has 0 N–H and O–H groups in total. The Morgan fingerprint density at radius 3 is 2.55 bits per heavy atom. The van der Waals surface area contributed by atoms with E-state index in [1.54, 1.807) is 25.1 Å². The number of aromatic nitrogens is 2. The Kier molecular flexibility index (Phi) is 6.22. The molecule has 1 saturated carbocycles. The van der Waals surface area contributed by atoms with E-state index in [0.29, 0.717) is 35.6 Å². The smallest absolute Gasteiger partial charge is 0.263 e. The zero-order chi connectivity index (χ0) is 22.8. The van der Waals surface area contributed by atoms with Gasteiger partial charge in [0, 0.05) is 48.4 Å². The first-order valence-corrected chi connectivity index (χ1v) is 11.8. The fraction of sp³-hybridized carbons (Fsp3) is 0.400. The van der Waals surface area contributed by atoms with Crippen LogP contribution in [0.2, 0.25) is 5.02 Å². The van der Waals surface area contributed by atoms with Gasteiger partial charge in [-0.05, 0) is 62.2 Å². The Morgan fingerprint density at radius 1 is 1.12 bits per heavy atom. The molecule has 1 aliphatic carbocycles. The third-order valence-corrected chi connectivity index (χ3v) is 6.67. The molecule has 8 heteroatoms. The van der Waals surface area contributed by atoms with Crippen molar-refractivity contribution in [2.75, 3.05) is 31.1 Å². The van der Waals surface area contributed by atoms with E-state index in [0.717, 1.165) is 43.1 Å². The molecule has 1 amide bonds. The minimum atomic E-state index is -0.561. The summed E-state index contributed by atoms with van der Waals surface area (Å²) >= 11 is 6.00. The van der Waals surface area contributed by atoms with Gasteiger partial charge < -0.3 is 19.1 Å². The summed E-state index contributed by atoms with van der Waals surface area (Å²) in [6.45, 7) is 4.62. The third-order valence-electron chi connectivity index (χ3n) is 6.43. The molecule has 1 unspecified atom stereocenters. The monoisotopic (exact) mass is 466 g/mol. The van der Waals surface area contributed by atoms with Crippen molar-refractivity contribution < 1.29 is 14.1 Å². The van der Waals surface area contributed by atoms with Crippen LogP contribution in [-0.2, 0) is 4.79 Å². The average molecular weight is 467 g/mol. The van der Waals surface area contributed by atoms with E-state index in [9.17, 15) is 4.79 Å². The van der Waals surface area contributed by atoms with Crippen molar-refractivity contribution in [1.29, 1.82) is 0 Å². The lowest BCUT2D eigenvalue weighted by molar-refractivity contribution is -0.138. The van der Waals surface area contributed by atoms with Gasteiger partial charge in [-0.1, -0.05) is 29.2 Å². The maximum absolute atomic E-state index is 12.8. The Balaban J connectivity index is 1.15. The van der Waals surface area contributed by atoms with Crippen LogP contribution < -0.4 is 9.64 Å². The lowest BCUT2D eigenvalue weighted by Gasteiger charge is -2.37. The lowest BCUT2D eigenvalue weighted by Crippen LogP contribution is -2.52. The molecule has 2 aliphatic rings. The van der Waals surface area contributed by atoms with Gasteiger partial charge >= 0.3 is 0 Å². The average Bonchev–Trinajstić information content (AvgIpc) is 3.27. The first kappa shape index (κ1) is 21.8. The lowest BCUT2D eigenvalue weighted by atomic mass is 9.85. The summed E-state index contributed by atoms with van der Waals surface area (Å²) in [7, 11) is 0. The summed E-state index contributed by atoms with van der Waals surface area (Å²) in [5.41, 5.74) is 2.07. The first-order valence-electron chi connectivity index (χ1n) is 11.5. The van der Waals surface area contributed by atoms with E-state index in [1.165, 1.54) is 6.42 Å². The van der Waals surface area contributed by atoms with Crippen LogP contribution in [0.3, 0.4) is 0 Å². The number of rotatable bonds is 6. The molecule has 0 bridgehead atoms. The number of piperazine rings is 1. The summed E-state index contributed by atoms with van der Waals surface area (Å²) in [5.74, 6) is 2.43. The second-order valence-electron chi connectivity index (χ2n) is 8.66. The van der Waals surface area contributed by atoms with Gasteiger partial charge in [0.25, 0.3) is 5.91 Å². The molecular formula is C25H27ClN4O3. The molecule has 3 aromatic rings. The number of carbonyl (C=O) groups is 1. The molecule has 7 nitrogen and oxygen atoms in total. The molecule has 1 atom stereocenters. The van der Waals surface area contributed by atoms with Crippen LogP contribution in [0, 0.1) is 0 Å². The molecule has 172 valence electrons. The molecule has 0 spiro atoms. The summed E-state index contributed by atoms with van der Waals surface area (Å²) in [6, 6.07) is 15.3. The molecule has 0 radical (unpaired) electrons. The Hall–Kier alpha value is -3.06. The van der Waals surface area contributed by atoms with E-state index in [4.69, 9.17) is 20.9 Å². The van der Waals surface area contributed by atoms with Gasteiger partial charge in [0.05, 0.1) is 0 Å². The predicted octanol–water partition coefficient (Wildman–Crippen LogP) is 4.77. The third kappa shape index (κ3) is 4.83. The molecule has 2 fully saturated rings. The van der Waals surface area contributed by atoms with Gasteiger partial charge in [0.1, 0.15) is 5.75 Å². The second-order valence-corrected chi connectivity index (χ2v) is 9.10. The van der Waals surface area contributed by atoms with Crippen molar-refractivity contribution in [1.82, 2.24) is 15.0 Å². The maximum Gasteiger partial charge on any atom is 0.263 e. The fourth-order valence-electron chi connectivity index (χ4n) is 4.23. The summed E-state index contributed by atoms with van der Waals surface area (Å²) in [4.78, 5) is 21.6. The number of hydrogen-bond acceptors (Lipinski definition) is 6. The molecule has 1 aromatic heterocycles. The predicted molar refractivity (Wildman–Crippen MR) is 127 cm³/mol. The van der Waals surface area contributed by atoms with Crippen LogP contribution >= 0.6 is 11.6 Å². The Bertz CT molecular complexity index is 1100. The minimum Gasteiger partial charge on any atom is -0.481 e. The first-order chi connectivity index (χ1) is 16.1. The van der Waals surface area contributed by atoms with Crippen molar-refractivity contribution in [3.05, 3.63) is 59.4 Å². The Labute approximate surface area is 198 Å². The summed E-state index contributed by atoms with van der Waals surface area (Å²) in [5, 5.41) is 4.74. The van der Waals surface area contributed by atoms with Crippen LogP contribution in [0.15, 0.2) is 53.1 Å². The quantitative estimate of drug-likeness (QED) is 0.521. The van der Waals surface area contributed by atoms with E-state index in [2.05, 4.69) is 27.2 Å². The van der Waals surface area contributed by atoms with Gasteiger partial charge in [0.2, 0.25) is 11.7 Å². The van der Waals surface area contributed by atoms with Crippen molar-refractivity contribution >= 4 is 23.2 Å². The van der Waals surface area contributed by atoms with Crippen molar-refractivity contribution in [3.63, 3.8) is 0 Å². The van der Waals surface area contributed by atoms with Gasteiger partial charge in [-0.2, -0.15) is 4.98 Å². The van der Waals surface area contributed by atoms with Crippen LogP contribution in [0.1, 0.15) is 38.0 Å². The number of carbonyl (C=O) groups excluding carboxylic acids is 1. The molecule has 2 aromatic carbocycles. The fourth-order valence-corrected chi connectivity index (χ4v) is 4.41. The highest BCUT2D eigenvalue weighted by Gasteiger charge is 2.27. The van der Waals surface area contributed by atoms with E-state index in [-0.39, 0.29) is 5.91 Å². The zero-order valence-electron chi connectivity index (χ0n) is 18.6. The number of anilines is 1. The highest BCUT2D eigenvalue weighted by Crippen LogP contribution is 2.36. The number of nitrogens with zero attached hydrogens (tertiary/aromatic N) is 4. The highest BCUT2D eigenvalue weighted by atomic mass is 35.5. The number of hydrogen-bond donors (Lipinski definition) is 0.